The van der Waals surface area contributed by atoms with Crippen LogP contribution < -0.4 is 5.73 Å². The predicted octanol–water partition coefficient (Wildman–Crippen LogP) is 4.97. The van der Waals surface area contributed by atoms with Crippen LogP contribution in [0.4, 0.5) is 13.2 Å². The van der Waals surface area contributed by atoms with Crippen molar-refractivity contribution in [2.75, 3.05) is 0 Å². The summed E-state index contributed by atoms with van der Waals surface area (Å²) in [6.07, 6.45) is -1.90. The van der Waals surface area contributed by atoms with Gasteiger partial charge in [0.25, 0.3) is 0 Å². The van der Waals surface area contributed by atoms with E-state index in [1.54, 1.807) is 0 Å². The number of halogens is 5. The van der Waals surface area contributed by atoms with Gasteiger partial charge in [0.1, 0.15) is 0 Å². The number of rotatable bonds is 4. The number of alkyl halides is 3. The third-order valence-electron chi connectivity index (χ3n) is 2.59. The maximum absolute atomic E-state index is 12.5. The molecule has 0 spiro atoms. The molecule has 0 heterocycles. The number of hydrogen-bond acceptors (Lipinski definition) is 1. The molecule has 0 amide bonds. The molecule has 1 rings (SSSR count). The van der Waals surface area contributed by atoms with Crippen molar-refractivity contribution in [2.45, 2.75) is 38.4 Å². The first-order chi connectivity index (χ1) is 7.86. The van der Waals surface area contributed by atoms with Crippen molar-refractivity contribution < 1.29 is 13.2 Å². The maximum Gasteiger partial charge on any atom is 0.416 e. The van der Waals surface area contributed by atoms with Crippen molar-refractivity contribution in [2.24, 2.45) is 5.73 Å². The standard InChI is InChI=1S/C12H15ClF3N.ClH/c1-2-3-4-11(17)9-7-8(12(14,15)16)5-6-10(9)13;/h5-7,11H,2-4,17H2,1H3;1H/t11-;/m0./s1. The van der Waals surface area contributed by atoms with E-state index < -0.39 is 17.8 Å². The molecule has 1 nitrogen and oxygen atoms in total. The van der Waals surface area contributed by atoms with Crippen LogP contribution in [0.25, 0.3) is 0 Å². The van der Waals surface area contributed by atoms with Crippen LogP contribution in [-0.2, 0) is 6.18 Å². The van der Waals surface area contributed by atoms with Crippen LogP contribution >= 0.6 is 24.0 Å². The van der Waals surface area contributed by atoms with E-state index in [0.29, 0.717) is 17.0 Å². The first kappa shape index (κ1) is 17.6. The molecule has 0 aliphatic heterocycles. The highest BCUT2D eigenvalue weighted by Gasteiger charge is 2.31. The SMILES string of the molecule is CCCC[C@H](N)c1cc(C(F)(F)F)ccc1Cl.Cl. The Morgan fingerprint density at radius 1 is 1.33 bits per heavy atom. The van der Waals surface area contributed by atoms with Gasteiger partial charge in [-0.3, -0.25) is 0 Å². The van der Waals surface area contributed by atoms with Crippen molar-refractivity contribution in [1.82, 2.24) is 0 Å². The molecule has 1 aromatic carbocycles. The fourth-order valence-corrected chi connectivity index (χ4v) is 1.84. The molecule has 0 saturated heterocycles. The van der Waals surface area contributed by atoms with E-state index in [4.69, 9.17) is 17.3 Å². The monoisotopic (exact) mass is 301 g/mol. The minimum absolute atomic E-state index is 0. The van der Waals surface area contributed by atoms with Gasteiger partial charge in [0.15, 0.2) is 0 Å². The van der Waals surface area contributed by atoms with Gasteiger partial charge in [-0.15, -0.1) is 12.4 Å². The smallest absolute Gasteiger partial charge is 0.324 e. The summed E-state index contributed by atoms with van der Waals surface area (Å²) in [5, 5.41) is 0.293. The fraction of sp³-hybridized carbons (Fsp3) is 0.500. The first-order valence-corrected chi connectivity index (χ1v) is 5.86. The zero-order valence-electron chi connectivity index (χ0n) is 9.93. The molecule has 0 bridgehead atoms. The molecule has 0 aromatic heterocycles. The van der Waals surface area contributed by atoms with E-state index in [0.717, 1.165) is 25.0 Å². The Balaban J connectivity index is 0.00000289. The van der Waals surface area contributed by atoms with Gasteiger partial charge in [-0.2, -0.15) is 13.2 Å². The summed E-state index contributed by atoms with van der Waals surface area (Å²) in [4.78, 5) is 0. The second-order valence-electron chi connectivity index (χ2n) is 3.98. The lowest BCUT2D eigenvalue weighted by atomic mass is 10.00. The molecule has 6 heteroatoms. The van der Waals surface area contributed by atoms with E-state index in [2.05, 4.69) is 0 Å². The van der Waals surface area contributed by atoms with E-state index in [-0.39, 0.29) is 12.4 Å². The van der Waals surface area contributed by atoms with Gasteiger partial charge in [-0.05, 0) is 30.2 Å². The van der Waals surface area contributed by atoms with Crippen molar-refractivity contribution >= 4 is 24.0 Å². The largest absolute Gasteiger partial charge is 0.416 e. The lowest BCUT2D eigenvalue weighted by molar-refractivity contribution is -0.137. The molecule has 0 radical (unpaired) electrons. The summed E-state index contributed by atoms with van der Waals surface area (Å²) < 4.78 is 37.6. The van der Waals surface area contributed by atoms with Crippen molar-refractivity contribution in [3.8, 4) is 0 Å². The molecule has 104 valence electrons. The Morgan fingerprint density at radius 2 is 1.94 bits per heavy atom. The number of nitrogens with two attached hydrogens (primary N) is 1. The van der Waals surface area contributed by atoms with Gasteiger partial charge in [0.2, 0.25) is 0 Å². The van der Waals surface area contributed by atoms with E-state index >= 15 is 0 Å². The highest BCUT2D eigenvalue weighted by Crippen LogP contribution is 2.34. The average molecular weight is 302 g/mol. The molecule has 0 saturated carbocycles. The number of unbranched alkanes of at least 4 members (excludes halogenated alkanes) is 1. The topological polar surface area (TPSA) is 26.0 Å². The summed E-state index contributed by atoms with van der Waals surface area (Å²) in [6, 6.07) is 2.83. The summed E-state index contributed by atoms with van der Waals surface area (Å²) in [5.74, 6) is 0. The molecule has 0 unspecified atom stereocenters. The van der Waals surface area contributed by atoms with Gasteiger partial charge >= 0.3 is 6.18 Å². The second kappa shape index (κ2) is 7.22. The molecule has 0 fully saturated rings. The van der Waals surface area contributed by atoms with Gasteiger partial charge in [0.05, 0.1) is 5.56 Å². The molecule has 2 N–H and O–H groups in total. The molecule has 0 aliphatic carbocycles. The van der Waals surface area contributed by atoms with Crippen molar-refractivity contribution in [1.29, 1.82) is 0 Å². The van der Waals surface area contributed by atoms with Crippen LogP contribution in [0.3, 0.4) is 0 Å². The Bertz CT molecular complexity index is 380. The van der Waals surface area contributed by atoms with Gasteiger partial charge < -0.3 is 5.73 Å². The third kappa shape index (κ3) is 4.67. The zero-order valence-corrected chi connectivity index (χ0v) is 11.5. The average Bonchev–Trinajstić information content (AvgIpc) is 2.24. The van der Waals surface area contributed by atoms with Crippen molar-refractivity contribution in [3.63, 3.8) is 0 Å². The summed E-state index contributed by atoms with van der Waals surface area (Å²) in [6.45, 7) is 2.00. The lowest BCUT2D eigenvalue weighted by Crippen LogP contribution is -2.13. The van der Waals surface area contributed by atoms with Crippen LogP contribution in [0.1, 0.15) is 43.4 Å². The van der Waals surface area contributed by atoms with Gasteiger partial charge in [0, 0.05) is 11.1 Å². The lowest BCUT2D eigenvalue weighted by Gasteiger charge is -2.15. The van der Waals surface area contributed by atoms with Gasteiger partial charge in [-0.25, -0.2) is 0 Å². The van der Waals surface area contributed by atoms with Gasteiger partial charge in [-0.1, -0.05) is 31.4 Å². The number of hydrogen-bond donors (Lipinski definition) is 1. The zero-order chi connectivity index (χ0) is 13.1. The van der Waals surface area contributed by atoms with E-state index in [1.165, 1.54) is 6.07 Å². The minimum Gasteiger partial charge on any atom is -0.324 e. The van der Waals surface area contributed by atoms with Crippen LogP contribution in [0.15, 0.2) is 18.2 Å². The van der Waals surface area contributed by atoms with Crippen molar-refractivity contribution in [3.05, 3.63) is 34.3 Å². The van der Waals surface area contributed by atoms with Crippen LogP contribution in [-0.4, -0.2) is 0 Å². The molecule has 1 aromatic rings. The quantitative estimate of drug-likeness (QED) is 0.835. The Morgan fingerprint density at radius 3 is 2.44 bits per heavy atom. The van der Waals surface area contributed by atoms with E-state index in [1.807, 2.05) is 6.92 Å². The normalized spacial score (nSPS) is 13.0. The highest BCUT2D eigenvalue weighted by molar-refractivity contribution is 6.31. The Kier molecular flexibility index (Phi) is 7.04. The third-order valence-corrected chi connectivity index (χ3v) is 2.94. The van der Waals surface area contributed by atoms with Crippen LogP contribution in [0.2, 0.25) is 5.02 Å². The Labute approximate surface area is 116 Å². The van der Waals surface area contributed by atoms with E-state index in [9.17, 15) is 13.2 Å². The Hall–Kier alpha value is -0.450. The summed E-state index contributed by atoms with van der Waals surface area (Å²) >= 11 is 5.87. The van der Waals surface area contributed by atoms with Crippen LogP contribution in [0.5, 0.6) is 0 Å². The van der Waals surface area contributed by atoms with Crippen LogP contribution in [0, 0.1) is 0 Å². The highest BCUT2D eigenvalue weighted by atomic mass is 35.5. The minimum atomic E-state index is -4.36. The predicted molar refractivity (Wildman–Crippen MR) is 70.2 cm³/mol. The molecule has 0 aliphatic rings. The molecular weight excluding hydrogens is 286 g/mol. The number of benzene rings is 1. The second-order valence-corrected chi connectivity index (χ2v) is 4.39. The fourth-order valence-electron chi connectivity index (χ4n) is 1.58. The first-order valence-electron chi connectivity index (χ1n) is 5.48. The summed E-state index contributed by atoms with van der Waals surface area (Å²) in [5.41, 5.74) is 5.51. The molecular formula is C12H16Cl2F3N. The maximum atomic E-state index is 12.5. The summed E-state index contributed by atoms with van der Waals surface area (Å²) in [7, 11) is 0. The molecule has 18 heavy (non-hydrogen) atoms. The molecule has 1 atom stereocenters.